The average molecular weight is 434 g/mol. The van der Waals surface area contributed by atoms with Gasteiger partial charge < -0.3 is 4.74 Å². The van der Waals surface area contributed by atoms with Gasteiger partial charge in [0.15, 0.2) is 0 Å². The van der Waals surface area contributed by atoms with Crippen LogP contribution in [0.15, 0.2) is 97.3 Å². The SMILES string of the molecule is CC=CCc1ccc(-n2cnnn2)c(-c2cccc(OCc3ccc4ccccc4n3)c2)c1. The molecular weight excluding hydrogens is 410 g/mol. The second-order valence-electron chi connectivity index (χ2n) is 7.69. The molecule has 162 valence electrons. The summed E-state index contributed by atoms with van der Waals surface area (Å²) in [6, 6.07) is 26.6. The number of rotatable bonds is 7. The number of hydrogen-bond donors (Lipinski definition) is 0. The Balaban J connectivity index is 1.44. The van der Waals surface area contributed by atoms with Crippen LogP contribution in [0, 0.1) is 0 Å². The van der Waals surface area contributed by atoms with Gasteiger partial charge in [-0.1, -0.05) is 54.6 Å². The van der Waals surface area contributed by atoms with Crippen LogP contribution in [0.25, 0.3) is 27.7 Å². The maximum absolute atomic E-state index is 6.11. The third-order valence-electron chi connectivity index (χ3n) is 5.43. The summed E-state index contributed by atoms with van der Waals surface area (Å²) in [5.41, 5.74) is 6.06. The van der Waals surface area contributed by atoms with Crippen molar-refractivity contribution < 1.29 is 4.74 Å². The number of nitrogens with zero attached hydrogens (tertiary/aromatic N) is 5. The molecule has 2 heterocycles. The highest BCUT2D eigenvalue weighted by atomic mass is 16.5. The summed E-state index contributed by atoms with van der Waals surface area (Å²) < 4.78 is 7.79. The number of ether oxygens (including phenoxy) is 1. The summed E-state index contributed by atoms with van der Waals surface area (Å²) in [5, 5.41) is 12.8. The molecule has 6 heteroatoms. The van der Waals surface area contributed by atoms with E-state index < -0.39 is 0 Å². The molecule has 0 aliphatic carbocycles. The molecule has 2 aromatic heterocycles. The second-order valence-corrected chi connectivity index (χ2v) is 7.69. The van der Waals surface area contributed by atoms with Crippen LogP contribution >= 0.6 is 0 Å². The standard InChI is InChI=1S/C27H23N5O/c1-2-3-7-20-12-15-27(32-19-28-30-31-32)25(16-20)22-9-6-10-24(17-22)33-18-23-14-13-21-8-4-5-11-26(21)29-23/h2-6,8-17,19H,7,18H2,1H3. The number of para-hydroxylation sites is 1. The maximum Gasteiger partial charge on any atom is 0.143 e. The summed E-state index contributed by atoms with van der Waals surface area (Å²) in [5.74, 6) is 0.781. The summed E-state index contributed by atoms with van der Waals surface area (Å²) in [6.07, 6.45) is 6.68. The van der Waals surface area contributed by atoms with Gasteiger partial charge in [-0.3, -0.25) is 0 Å². The van der Waals surface area contributed by atoms with E-state index in [0.717, 1.165) is 45.6 Å². The van der Waals surface area contributed by atoms with Gasteiger partial charge in [0.05, 0.1) is 16.9 Å². The van der Waals surface area contributed by atoms with Crippen molar-refractivity contribution in [3.05, 3.63) is 109 Å². The Morgan fingerprint density at radius 2 is 1.88 bits per heavy atom. The predicted octanol–water partition coefficient (Wildman–Crippen LogP) is 5.58. The van der Waals surface area contributed by atoms with E-state index in [-0.39, 0.29) is 0 Å². The zero-order chi connectivity index (χ0) is 22.5. The number of allylic oxidation sites excluding steroid dienone is 2. The molecule has 0 bridgehead atoms. The van der Waals surface area contributed by atoms with Crippen LogP contribution in [0.1, 0.15) is 18.2 Å². The lowest BCUT2D eigenvalue weighted by Gasteiger charge is -2.13. The van der Waals surface area contributed by atoms with Crippen LogP contribution in [0.3, 0.4) is 0 Å². The van der Waals surface area contributed by atoms with Crippen molar-refractivity contribution in [2.24, 2.45) is 0 Å². The van der Waals surface area contributed by atoms with E-state index in [1.807, 2.05) is 49.4 Å². The van der Waals surface area contributed by atoms with Gasteiger partial charge in [-0.05, 0) is 71.3 Å². The van der Waals surface area contributed by atoms with Gasteiger partial charge in [-0.25, -0.2) is 4.98 Å². The Hall–Kier alpha value is -4.32. The molecule has 0 spiro atoms. The van der Waals surface area contributed by atoms with E-state index in [1.54, 1.807) is 11.0 Å². The molecule has 0 saturated carbocycles. The van der Waals surface area contributed by atoms with Crippen LogP contribution in [-0.4, -0.2) is 25.2 Å². The van der Waals surface area contributed by atoms with Crippen molar-refractivity contribution in [3.63, 3.8) is 0 Å². The van der Waals surface area contributed by atoms with E-state index in [0.29, 0.717) is 6.61 Å². The fourth-order valence-corrected chi connectivity index (χ4v) is 3.77. The van der Waals surface area contributed by atoms with Crippen molar-refractivity contribution in [1.29, 1.82) is 0 Å². The van der Waals surface area contributed by atoms with Gasteiger partial charge in [0, 0.05) is 10.9 Å². The Bertz CT molecular complexity index is 1410. The average Bonchev–Trinajstić information content (AvgIpc) is 3.41. The fraction of sp³-hybridized carbons (Fsp3) is 0.111. The van der Waals surface area contributed by atoms with E-state index in [1.165, 1.54) is 5.56 Å². The first-order chi connectivity index (χ1) is 16.3. The minimum Gasteiger partial charge on any atom is -0.487 e. The predicted molar refractivity (Wildman–Crippen MR) is 129 cm³/mol. The molecule has 0 N–H and O–H groups in total. The smallest absolute Gasteiger partial charge is 0.143 e. The third kappa shape index (κ3) is 4.65. The lowest BCUT2D eigenvalue weighted by Crippen LogP contribution is -2.00. The molecule has 3 aromatic carbocycles. The highest BCUT2D eigenvalue weighted by Gasteiger charge is 2.11. The monoisotopic (exact) mass is 433 g/mol. The maximum atomic E-state index is 6.11. The minimum absolute atomic E-state index is 0.398. The number of benzene rings is 3. The fourth-order valence-electron chi connectivity index (χ4n) is 3.77. The largest absolute Gasteiger partial charge is 0.487 e. The first-order valence-corrected chi connectivity index (χ1v) is 10.9. The van der Waals surface area contributed by atoms with E-state index in [4.69, 9.17) is 9.72 Å². The van der Waals surface area contributed by atoms with Gasteiger partial charge in [0.2, 0.25) is 0 Å². The number of aromatic nitrogens is 5. The summed E-state index contributed by atoms with van der Waals surface area (Å²) >= 11 is 0. The molecule has 0 unspecified atom stereocenters. The number of tetrazole rings is 1. The van der Waals surface area contributed by atoms with Crippen molar-refractivity contribution in [3.8, 4) is 22.6 Å². The molecule has 5 rings (SSSR count). The Morgan fingerprint density at radius 3 is 2.76 bits per heavy atom. The number of hydrogen-bond acceptors (Lipinski definition) is 5. The normalized spacial score (nSPS) is 11.3. The van der Waals surface area contributed by atoms with E-state index in [9.17, 15) is 0 Å². The molecule has 5 aromatic rings. The van der Waals surface area contributed by atoms with Gasteiger partial charge in [0.25, 0.3) is 0 Å². The Kier molecular flexibility index (Phi) is 5.89. The summed E-state index contributed by atoms with van der Waals surface area (Å²) in [7, 11) is 0. The lowest BCUT2D eigenvalue weighted by molar-refractivity contribution is 0.302. The Morgan fingerprint density at radius 1 is 0.939 bits per heavy atom. The molecule has 0 atom stereocenters. The van der Waals surface area contributed by atoms with Crippen LogP contribution < -0.4 is 4.74 Å². The van der Waals surface area contributed by atoms with Crippen molar-refractivity contribution in [2.75, 3.05) is 0 Å². The van der Waals surface area contributed by atoms with Crippen LogP contribution in [0.5, 0.6) is 5.75 Å². The summed E-state index contributed by atoms with van der Waals surface area (Å²) in [6.45, 7) is 2.43. The molecule has 0 radical (unpaired) electrons. The van der Waals surface area contributed by atoms with E-state index in [2.05, 4.69) is 64.1 Å². The summed E-state index contributed by atoms with van der Waals surface area (Å²) in [4.78, 5) is 4.70. The Labute approximate surface area is 192 Å². The minimum atomic E-state index is 0.398. The van der Waals surface area contributed by atoms with Crippen LogP contribution in [0.2, 0.25) is 0 Å². The zero-order valence-corrected chi connectivity index (χ0v) is 18.3. The first-order valence-electron chi connectivity index (χ1n) is 10.9. The highest BCUT2D eigenvalue weighted by molar-refractivity contribution is 5.78. The molecule has 0 amide bonds. The van der Waals surface area contributed by atoms with Crippen molar-refractivity contribution in [2.45, 2.75) is 20.0 Å². The van der Waals surface area contributed by atoms with Gasteiger partial charge in [-0.2, -0.15) is 4.68 Å². The van der Waals surface area contributed by atoms with Gasteiger partial charge in [-0.15, -0.1) is 5.10 Å². The molecule has 6 nitrogen and oxygen atoms in total. The topological polar surface area (TPSA) is 65.7 Å². The second kappa shape index (κ2) is 9.44. The zero-order valence-electron chi connectivity index (χ0n) is 18.3. The molecule has 33 heavy (non-hydrogen) atoms. The molecule has 0 aliphatic rings. The molecule has 0 aliphatic heterocycles. The van der Waals surface area contributed by atoms with Gasteiger partial charge in [0.1, 0.15) is 18.7 Å². The number of pyridine rings is 1. The molecule has 0 saturated heterocycles. The molecule has 0 fully saturated rings. The van der Waals surface area contributed by atoms with Crippen molar-refractivity contribution in [1.82, 2.24) is 25.2 Å². The number of fused-ring (bicyclic) bond motifs is 1. The highest BCUT2D eigenvalue weighted by Crippen LogP contribution is 2.30. The molecular formula is C27H23N5O. The first kappa shape index (κ1) is 20.6. The van der Waals surface area contributed by atoms with Crippen LogP contribution in [0.4, 0.5) is 0 Å². The van der Waals surface area contributed by atoms with Crippen LogP contribution in [-0.2, 0) is 13.0 Å². The van der Waals surface area contributed by atoms with Gasteiger partial charge >= 0.3 is 0 Å². The lowest BCUT2D eigenvalue weighted by atomic mass is 9.99. The van der Waals surface area contributed by atoms with E-state index >= 15 is 0 Å². The quantitative estimate of drug-likeness (QED) is 0.314. The third-order valence-corrected chi connectivity index (χ3v) is 5.43. The van der Waals surface area contributed by atoms with Crippen molar-refractivity contribution >= 4 is 10.9 Å².